The summed E-state index contributed by atoms with van der Waals surface area (Å²) in [4.78, 5) is 0. The number of para-hydroxylation sites is 1. The first kappa shape index (κ1) is 16.0. The molecule has 3 heteroatoms. The van der Waals surface area contributed by atoms with E-state index in [1.807, 2.05) is 66.7 Å². The maximum Gasteiger partial charge on any atom is 0.130 e. The van der Waals surface area contributed by atoms with E-state index in [-0.39, 0.29) is 0 Å². The van der Waals surface area contributed by atoms with Crippen molar-refractivity contribution < 1.29 is 9.47 Å². The van der Waals surface area contributed by atoms with Crippen LogP contribution in [0.4, 0.5) is 0 Å². The lowest BCUT2D eigenvalue weighted by atomic mass is 10.1. The maximum atomic E-state index is 6.09. The molecule has 1 fully saturated rings. The molecule has 3 aromatic rings. The zero-order valence-electron chi connectivity index (χ0n) is 13.8. The summed E-state index contributed by atoms with van der Waals surface area (Å²) in [7, 11) is 0. The highest BCUT2D eigenvalue weighted by molar-refractivity contribution is 6.30. The van der Waals surface area contributed by atoms with E-state index in [9.17, 15) is 0 Å². The molecule has 1 aliphatic rings. The normalized spacial score (nSPS) is 13.5. The first-order chi connectivity index (χ1) is 12.3. The van der Waals surface area contributed by atoms with Crippen LogP contribution in [0.3, 0.4) is 0 Å². The molecule has 0 radical (unpaired) electrons. The summed E-state index contributed by atoms with van der Waals surface area (Å²) in [5.74, 6) is 4.12. The molecule has 0 N–H and O–H groups in total. The molecule has 0 heterocycles. The fourth-order valence-corrected chi connectivity index (χ4v) is 2.89. The van der Waals surface area contributed by atoms with Gasteiger partial charge in [-0.05, 0) is 85.3 Å². The molecule has 0 atom stereocenters. The molecule has 0 spiro atoms. The molecule has 2 nitrogen and oxygen atoms in total. The van der Waals surface area contributed by atoms with Crippen molar-refractivity contribution in [3.05, 3.63) is 83.4 Å². The number of benzene rings is 3. The van der Waals surface area contributed by atoms with Gasteiger partial charge in [0, 0.05) is 5.02 Å². The summed E-state index contributed by atoms with van der Waals surface area (Å²) in [5, 5.41) is 0.702. The average molecular weight is 351 g/mol. The summed E-state index contributed by atoms with van der Waals surface area (Å²) in [6.07, 6.45) is 3.63. The van der Waals surface area contributed by atoms with Crippen molar-refractivity contribution >= 4 is 11.6 Å². The van der Waals surface area contributed by atoms with Crippen LogP contribution in [0.25, 0.3) is 0 Å². The molecule has 1 aliphatic carbocycles. The molecule has 0 saturated heterocycles. The van der Waals surface area contributed by atoms with Gasteiger partial charge in [0.25, 0.3) is 0 Å². The van der Waals surface area contributed by atoms with Crippen LogP contribution in [-0.4, -0.2) is 0 Å². The smallest absolute Gasteiger partial charge is 0.130 e. The van der Waals surface area contributed by atoms with Crippen LogP contribution >= 0.6 is 11.6 Å². The standard InChI is InChI=1S/C22H19ClO2/c23-18-8-10-20(11-9-18)24-21-12-13-22(17(15-21)14-16-6-7-16)25-19-4-2-1-3-5-19/h1-5,8-13,15-16H,6-7,14H2. The van der Waals surface area contributed by atoms with Crippen LogP contribution in [0.5, 0.6) is 23.0 Å². The van der Waals surface area contributed by atoms with Crippen molar-refractivity contribution in [2.45, 2.75) is 19.3 Å². The van der Waals surface area contributed by atoms with Gasteiger partial charge < -0.3 is 9.47 Å². The monoisotopic (exact) mass is 350 g/mol. The molecule has 25 heavy (non-hydrogen) atoms. The molecule has 126 valence electrons. The average Bonchev–Trinajstić information content (AvgIpc) is 3.44. The highest BCUT2D eigenvalue weighted by Gasteiger charge is 2.23. The van der Waals surface area contributed by atoms with Gasteiger partial charge in [0.1, 0.15) is 23.0 Å². The number of hydrogen-bond donors (Lipinski definition) is 0. The minimum atomic E-state index is 0.702. The van der Waals surface area contributed by atoms with E-state index in [1.54, 1.807) is 0 Å². The van der Waals surface area contributed by atoms with E-state index in [0.29, 0.717) is 5.02 Å². The molecule has 3 aromatic carbocycles. The van der Waals surface area contributed by atoms with Gasteiger partial charge in [0.2, 0.25) is 0 Å². The molecular formula is C22H19ClO2. The van der Waals surface area contributed by atoms with Gasteiger partial charge in [-0.1, -0.05) is 29.8 Å². The lowest BCUT2D eigenvalue weighted by molar-refractivity contribution is 0.462. The second-order valence-electron chi connectivity index (χ2n) is 6.39. The Hall–Kier alpha value is -2.45. The van der Waals surface area contributed by atoms with Gasteiger partial charge in [-0.15, -0.1) is 0 Å². The Morgan fingerprint density at radius 3 is 2.16 bits per heavy atom. The van der Waals surface area contributed by atoms with E-state index in [4.69, 9.17) is 21.1 Å². The highest BCUT2D eigenvalue weighted by atomic mass is 35.5. The van der Waals surface area contributed by atoms with Gasteiger partial charge in [0.15, 0.2) is 0 Å². The van der Waals surface area contributed by atoms with Crippen LogP contribution in [0.1, 0.15) is 18.4 Å². The van der Waals surface area contributed by atoms with Crippen molar-refractivity contribution in [2.24, 2.45) is 5.92 Å². The molecule has 4 rings (SSSR count). The zero-order chi connectivity index (χ0) is 17.1. The van der Waals surface area contributed by atoms with Gasteiger partial charge in [-0.2, -0.15) is 0 Å². The number of ether oxygens (including phenoxy) is 2. The van der Waals surface area contributed by atoms with Crippen LogP contribution in [0.2, 0.25) is 5.02 Å². The van der Waals surface area contributed by atoms with Gasteiger partial charge in [-0.25, -0.2) is 0 Å². The van der Waals surface area contributed by atoms with Gasteiger partial charge >= 0.3 is 0 Å². The second-order valence-corrected chi connectivity index (χ2v) is 6.82. The Morgan fingerprint density at radius 2 is 1.44 bits per heavy atom. The highest BCUT2D eigenvalue weighted by Crippen LogP contribution is 2.38. The lowest BCUT2D eigenvalue weighted by Crippen LogP contribution is -1.95. The quantitative estimate of drug-likeness (QED) is 0.482. The maximum absolute atomic E-state index is 6.09. The molecular weight excluding hydrogens is 332 g/mol. The van der Waals surface area contributed by atoms with Gasteiger partial charge in [-0.3, -0.25) is 0 Å². The number of rotatable bonds is 6. The summed E-state index contributed by atoms with van der Waals surface area (Å²) in [6.45, 7) is 0. The van der Waals surface area contributed by atoms with Crippen molar-refractivity contribution in [3.63, 3.8) is 0 Å². The van der Waals surface area contributed by atoms with Crippen molar-refractivity contribution in [1.82, 2.24) is 0 Å². The largest absolute Gasteiger partial charge is 0.457 e. The second kappa shape index (κ2) is 7.20. The minimum absolute atomic E-state index is 0.702. The van der Waals surface area contributed by atoms with Crippen LogP contribution in [0, 0.1) is 5.92 Å². The molecule has 0 aliphatic heterocycles. The molecule has 0 aromatic heterocycles. The van der Waals surface area contributed by atoms with Crippen molar-refractivity contribution in [3.8, 4) is 23.0 Å². The molecule has 0 unspecified atom stereocenters. The first-order valence-corrected chi connectivity index (χ1v) is 8.93. The van der Waals surface area contributed by atoms with Crippen molar-refractivity contribution in [1.29, 1.82) is 0 Å². The Balaban J connectivity index is 1.57. The summed E-state index contributed by atoms with van der Waals surface area (Å²) < 4.78 is 12.1. The lowest BCUT2D eigenvalue weighted by Gasteiger charge is -2.13. The van der Waals surface area contributed by atoms with E-state index in [0.717, 1.165) is 35.3 Å². The summed E-state index contributed by atoms with van der Waals surface area (Å²) >= 11 is 5.93. The van der Waals surface area contributed by atoms with Crippen LogP contribution in [-0.2, 0) is 6.42 Å². The third-order valence-electron chi connectivity index (χ3n) is 4.26. The fraction of sp³-hybridized carbons (Fsp3) is 0.182. The van der Waals surface area contributed by atoms with E-state index >= 15 is 0 Å². The Morgan fingerprint density at radius 1 is 0.760 bits per heavy atom. The Labute approximate surface area is 153 Å². The Bertz CT molecular complexity index is 840. The fourth-order valence-electron chi connectivity index (χ4n) is 2.77. The SMILES string of the molecule is Clc1ccc(Oc2ccc(Oc3ccccc3)c(CC3CC3)c2)cc1. The third-order valence-corrected chi connectivity index (χ3v) is 4.51. The molecule has 0 amide bonds. The summed E-state index contributed by atoms with van der Waals surface area (Å²) in [6, 6.07) is 23.3. The molecule has 0 bridgehead atoms. The third kappa shape index (κ3) is 4.34. The van der Waals surface area contributed by atoms with E-state index < -0.39 is 0 Å². The predicted octanol–water partition coefficient (Wildman–Crippen LogP) is 6.88. The Kier molecular flexibility index (Phi) is 4.62. The number of halogens is 1. The number of hydrogen-bond acceptors (Lipinski definition) is 2. The van der Waals surface area contributed by atoms with E-state index in [2.05, 4.69) is 6.07 Å². The summed E-state index contributed by atoms with van der Waals surface area (Å²) in [5.41, 5.74) is 1.19. The zero-order valence-corrected chi connectivity index (χ0v) is 14.6. The van der Waals surface area contributed by atoms with Crippen LogP contribution in [0.15, 0.2) is 72.8 Å². The van der Waals surface area contributed by atoms with Crippen LogP contribution < -0.4 is 9.47 Å². The molecule has 1 saturated carbocycles. The predicted molar refractivity (Wildman–Crippen MR) is 101 cm³/mol. The van der Waals surface area contributed by atoms with Crippen molar-refractivity contribution in [2.75, 3.05) is 0 Å². The first-order valence-electron chi connectivity index (χ1n) is 8.55. The van der Waals surface area contributed by atoms with Gasteiger partial charge in [0.05, 0.1) is 0 Å². The minimum Gasteiger partial charge on any atom is -0.457 e. The van der Waals surface area contributed by atoms with E-state index in [1.165, 1.54) is 18.4 Å². The topological polar surface area (TPSA) is 18.5 Å².